The van der Waals surface area contributed by atoms with Gasteiger partial charge in [-0.1, -0.05) is 34.1 Å². The molecule has 0 aromatic heterocycles. The summed E-state index contributed by atoms with van der Waals surface area (Å²) in [6.07, 6.45) is 2.96. The lowest BCUT2D eigenvalue weighted by Crippen LogP contribution is -2.36. The van der Waals surface area contributed by atoms with E-state index in [0.29, 0.717) is 12.3 Å². The molecule has 1 saturated heterocycles. The number of thiol groups is 1. The van der Waals surface area contributed by atoms with Crippen molar-refractivity contribution in [2.45, 2.75) is 109 Å². The number of nitrogens with two attached hydrogens (primary N) is 9. The van der Waals surface area contributed by atoms with E-state index < -0.39 is 83.7 Å². The van der Waals surface area contributed by atoms with Gasteiger partial charge in [0.15, 0.2) is 0 Å². The standard InChI is InChI=1S/2C6H13NO2.C5H10N2O3.C5H9NO2.C4H8N2O3.C3H7NO2S.C2H6N2O/c1-4(2)3-5(7)6(8)9;1-3-4(2)5(7)6(8)9;6-3(5(9)10)1-2-4(7)8;7-5(8)4-2-1-3-6-4;5-2(4(8)9)1-3(6)7;4-2(1-7)3(5)6;3-1-2(4)5/h2*4-5H,3,7H2,1-2H3,(H,8,9);3H,1-2,6H2,(H2,7,8)(H,9,10);4,6H,1-3H2,(H,7,8);2H,1,5H2,(H2,6,7)(H,8,9);2,7H,1,4H2,(H,5,6);1,3H2,(H2,4,5)/t5-;4-,5-;3-;4-;2*2-;/m000000./s1. The lowest BCUT2D eigenvalue weighted by Gasteiger charge is -2.11. The zero-order valence-electron chi connectivity index (χ0n) is 32.7. The van der Waals surface area contributed by atoms with Crippen molar-refractivity contribution in [3.05, 3.63) is 0 Å². The molecule has 1 rings (SSSR count). The minimum atomic E-state index is -1.21. The van der Waals surface area contributed by atoms with Crippen molar-refractivity contribution in [1.29, 1.82) is 0 Å². The van der Waals surface area contributed by atoms with E-state index in [0.717, 1.165) is 25.8 Å². The van der Waals surface area contributed by atoms with Crippen molar-refractivity contribution >= 4 is 66.2 Å². The second-order valence-corrected chi connectivity index (χ2v) is 12.5. The minimum absolute atomic E-state index is 0.0213. The molecule has 3 amide bonds. The molecule has 0 spiro atoms. The fraction of sp³-hybridized carbons (Fsp3) is 0.710. The third-order valence-electron chi connectivity index (χ3n) is 6.42. The molecule has 336 valence electrons. The average Bonchev–Trinajstić information content (AvgIpc) is 3.66. The van der Waals surface area contributed by atoms with Gasteiger partial charge >= 0.3 is 35.8 Å². The van der Waals surface area contributed by atoms with Crippen molar-refractivity contribution in [3.63, 3.8) is 0 Å². The SMILES string of the molecule is CC(C)C[C@H](N)C(=O)O.CC[C@H](C)[C@H](N)C(=O)O.NC(=O)CC[C@H](N)C(=O)O.NC(=O)C[C@H](N)C(=O)O.NCC(N)=O.N[C@@H](CS)C(=O)O.O=C(O)[C@@H]1CCCN1. The molecular weight excluding hydrogens is 784 g/mol. The largest absolute Gasteiger partial charge is 0.480 e. The Morgan fingerprint density at radius 2 is 1.09 bits per heavy atom. The van der Waals surface area contributed by atoms with Crippen LogP contribution in [0.15, 0.2) is 0 Å². The van der Waals surface area contributed by atoms with E-state index in [-0.39, 0.29) is 43.5 Å². The molecule has 25 N–H and O–H groups in total. The summed E-state index contributed by atoms with van der Waals surface area (Å²) in [5.74, 6) is -6.96. The Kier molecular flexibility index (Phi) is 44.5. The number of carbonyl (C=O) groups is 9. The zero-order valence-corrected chi connectivity index (χ0v) is 33.6. The first-order valence-electron chi connectivity index (χ1n) is 17.0. The number of rotatable bonds is 17. The van der Waals surface area contributed by atoms with Crippen LogP contribution in [-0.2, 0) is 43.2 Å². The smallest absolute Gasteiger partial charge is 0.321 e. The first-order valence-corrected chi connectivity index (χ1v) is 17.6. The summed E-state index contributed by atoms with van der Waals surface area (Å²) in [5.41, 5.74) is 44.0. The Hall–Kier alpha value is -4.70. The van der Waals surface area contributed by atoms with E-state index in [2.05, 4.69) is 29.4 Å². The van der Waals surface area contributed by atoms with Crippen LogP contribution >= 0.6 is 12.6 Å². The molecule has 0 aromatic carbocycles. The van der Waals surface area contributed by atoms with Crippen molar-refractivity contribution < 1.29 is 73.8 Å². The summed E-state index contributed by atoms with van der Waals surface area (Å²) in [7, 11) is 0. The Labute approximate surface area is 336 Å². The topological polar surface area (TPSA) is 521 Å². The molecule has 0 unspecified atom stereocenters. The van der Waals surface area contributed by atoms with Crippen molar-refractivity contribution in [3.8, 4) is 0 Å². The van der Waals surface area contributed by atoms with Gasteiger partial charge in [0.2, 0.25) is 17.7 Å². The summed E-state index contributed by atoms with van der Waals surface area (Å²) in [6, 6.07) is -4.62. The molecule has 0 radical (unpaired) electrons. The van der Waals surface area contributed by atoms with E-state index in [1.165, 1.54) is 0 Å². The lowest BCUT2D eigenvalue weighted by molar-refractivity contribution is -0.140. The number of carboxylic acid groups (broad SMARTS) is 6. The Bertz CT molecular complexity index is 1200. The molecule has 1 aliphatic rings. The predicted octanol–water partition coefficient (Wildman–Crippen LogP) is -4.59. The van der Waals surface area contributed by atoms with Crippen molar-refractivity contribution in [1.82, 2.24) is 5.32 Å². The van der Waals surface area contributed by atoms with Gasteiger partial charge in [0, 0.05) is 12.2 Å². The highest BCUT2D eigenvalue weighted by molar-refractivity contribution is 7.80. The van der Waals surface area contributed by atoms with E-state index in [9.17, 15) is 43.2 Å². The molecule has 7 atom stereocenters. The first kappa shape index (κ1) is 64.2. The molecule has 1 aliphatic heterocycles. The average molecular weight is 851 g/mol. The van der Waals surface area contributed by atoms with Crippen LogP contribution in [0.2, 0.25) is 0 Å². The quantitative estimate of drug-likeness (QED) is 0.0612. The summed E-state index contributed by atoms with van der Waals surface area (Å²) < 4.78 is 0. The van der Waals surface area contributed by atoms with Gasteiger partial charge in [-0.3, -0.25) is 43.2 Å². The molecule has 57 heavy (non-hydrogen) atoms. The molecule has 0 aliphatic carbocycles. The van der Waals surface area contributed by atoms with Crippen LogP contribution in [0.25, 0.3) is 0 Å². The van der Waals surface area contributed by atoms with Gasteiger partial charge in [-0.05, 0) is 44.1 Å². The van der Waals surface area contributed by atoms with Gasteiger partial charge in [-0.15, -0.1) is 0 Å². The van der Waals surface area contributed by atoms with E-state index in [1.807, 2.05) is 27.7 Å². The fourth-order valence-electron chi connectivity index (χ4n) is 2.80. The fourth-order valence-corrected chi connectivity index (χ4v) is 2.96. The second kappa shape index (κ2) is 39.5. The number of hydrogen-bond acceptors (Lipinski definition) is 17. The number of primary amides is 3. The Morgan fingerprint density at radius 3 is 1.23 bits per heavy atom. The lowest BCUT2D eigenvalue weighted by atomic mass is 10.0. The maximum absolute atomic E-state index is 10.2. The van der Waals surface area contributed by atoms with Crippen LogP contribution in [0.3, 0.4) is 0 Å². The van der Waals surface area contributed by atoms with Crippen molar-refractivity contribution in [2.24, 2.45) is 63.4 Å². The number of carboxylic acids is 6. The van der Waals surface area contributed by atoms with Gasteiger partial charge in [-0.2, -0.15) is 12.6 Å². The monoisotopic (exact) mass is 850 g/mol. The van der Waals surface area contributed by atoms with Crippen LogP contribution in [0.4, 0.5) is 0 Å². The molecular formula is C31H66N10O15S. The normalized spacial score (nSPS) is 15.3. The minimum Gasteiger partial charge on any atom is -0.480 e. The maximum Gasteiger partial charge on any atom is 0.321 e. The Balaban J connectivity index is -0.000000134. The van der Waals surface area contributed by atoms with Gasteiger partial charge in [0.1, 0.15) is 36.3 Å². The summed E-state index contributed by atoms with van der Waals surface area (Å²) in [6.45, 7) is 8.45. The number of hydrogen-bond donors (Lipinski definition) is 17. The van der Waals surface area contributed by atoms with Gasteiger partial charge in [0.05, 0.1) is 13.0 Å². The third kappa shape index (κ3) is 51.3. The summed E-state index contributed by atoms with van der Waals surface area (Å²) in [4.78, 5) is 89.7. The highest BCUT2D eigenvalue weighted by atomic mass is 32.1. The van der Waals surface area contributed by atoms with Crippen LogP contribution in [0, 0.1) is 11.8 Å². The summed E-state index contributed by atoms with van der Waals surface area (Å²) >= 11 is 3.65. The predicted molar refractivity (Wildman–Crippen MR) is 210 cm³/mol. The van der Waals surface area contributed by atoms with E-state index in [1.54, 1.807) is 0 Å². The van der Waals surface area contributed by atoms with E-state index >= 15 is 0 Å². The number of amides is 3. The third-order valence-corrected chi connectivity index (χ3v) is 6.81. The highest BCUT2D eigenvalue weighted by Gasteiger charge is 2.20. The zero-order chi connectivity index (χ0) is 46.6. The van der Waals surface area contributed by atoms with Crippen LogP contribution in [-0.4, -0.2) is 139 Å². The number of aliphatic carboxylic acids is 6. The highest BCUT2D eigenvalue weighted by Crippen LogP contribution is 2.05. The number of carbonyl (C=O) groups excluding carboxylic acids is 3. The van der Waals surface area contributed by atoms with Gasteiger partial charge < -0.3 is 87.6 Å². The molecule has 25 nitrogen and oxygen atoms in total. The van der Waals surface area contributed by atoms with E-state index in [4.69, 9.17) is 70.8 Å². The van der Waals surface area contributed by atoms with Crippen LogP contribution in [0.5, 0.6) is 0 Å². The molecule has 0 saturated carbocycles. The Morgan fingerprint density at radius 1 is 0.667 bits per heavy atom. The number of nitrogens with one attached hydrogen (secondary N) is 1. The summed E-state index contributed by atoms with van der Waals surface area (Å²) in [5, 5.41) is 52.2. The van der Waals surface area contributed by atoms with Crippen LogP contribution in [0.1, 0.15) is 72.6 Å². The van der Waals surface area contributed by atoms with Gasteiger partial charge in [0.25, 0.3) is 0 Å². The molecule has 1 fully saturated rings. The molecule has 1 heterocycles. The first-order chi connectivity index (χ1) is 26.0. The molecule has 26 heteroatoms. The molecule has 0 bridgehead atoms. The maximum atomic E-state index is 10.2. The van der Waals surface area contributed by atoms with Crippen molar-refractivity contribution in [2.75, 3.05) is 18.8 Å². The van der Waals surface area contributed by atoms with Crippen LogP contribution < -0.4 is 56.9 Å². The molecule has 0 aromatic rings. The second-order valence-electron chi connectivity index (χ2n) is 12.2. The van der Waals surface area contributed by atoms with Gasteiger partial charge in [-0.25, -0.2) is 0 Å².